The quantitative estimate of drug-likeness (QED) is 0.305. The number of benzene rings is 3. The first-order valence-corrected chi connectivity index (χ1v) is 12.9. The fourth-order valence-electron chi connectivity index (χ4n) is 4.71. The highest BCUT2D eigenvalue weighted by atomic mass is 16.5. The molecule has 1 aliphatic rings. The lowest BCUT2D eigenvalue weighted by molar-refractivity contribution is -0.113. The second kappa shape index (κ2) is 10.6. The number of para-hydroxylation sites is 3. The SMILES string of the molecule is COc1ccccc1NC(=O)C1=C(C)Nc2ncnn2C1c1ccccc1OCc1ccc(C(C)(C)C)cc1. The Morgan fingerprint density at radius 1 is 1.00 bits per heavy atom. The monoisotopic (exact) mass is 523 g/mol. The van der Waals surface area contributed by atoms with E-state index in [1.54, 1.807) is 23.9 Å². The lowest BCUT2D eigenvalue weighted by Gasteiger charge is -2.30. The number of anilines is 2. The average Bonchev–Trinajstić information content (AvgIpc) is 3.39. The van der Waals surface area contributed by atoms with E-state index in [0.29, 0.717) is 41.0 Å². The van der Waals surface area contributed by atoms with Crippen molar-refractivity contribution in [3.8, 4) is 11.5 Å². The molecule has 2 heterocycles. The number of hydrogen-bond donors (Lipinski definition) is 2. The topological polar surface area (TPSA) is 90.3 Å². The van der Waals surface area contributed by atoms with E-state index in [2.05, 4.69) is 65.8 Å². The molecule has 0 saturated heterocycles. The van der Waals surface area contributed by atoms with Crippen molar-refractivity contribution in [1.82, 2.24) is 14.8 Å². The summed E-state index contributed by atoms with van der Waals surface area (Å²) in [7, 11) is 1.58. The van der Waals surface area contributed by atoms with Gasteiger partial charge in [-0.25, -0.2) is 4.68 Å². The molecule has 5 rings (SSSR count). The Bertz CT molecular complexity index is 1520. The Morgan fingerprint density at radius 2 is 1.69 bits per heavy atom. The molecule has 200 valence electrons. The van der Waals surface area contributed by atoms with Gasteiger partial charge in [0.25, 0.3) is 5.91 Å². The van der Waals surface area contributed by atoms with Gasteiger partial charge in [-0.15, -0.1) is 0 Å². The number of nitrogens with one attached hydrogen (secondary N) is 2. The summed E-state index contributed by atoms with van der Waals surface area (Å²) in [6.45, 7) is 8.85. The second-order valence-corrected chi connectivity index (χ2v) is 10.5. The summed E-state index contributed by atoms with van der Waals surface area (Å²) in [5.41, 5.74) is 4.99. The van der Waals surface area contributed by atoms with Crippen LogP contribution in [0.2, 0.25) is 0 Å². The Balaban J connectivity index is 1.48. The molecule has 8 nitrogen and oxygen atoms in total. The molecule has 1 amide bonds. The van der Waals surface area contributed by atoms with E-state index in [1.165, 1.54) is 11.9 Å². The summed E-state index contributed by atoms with van der Waals surface area (Å²) in [4.78, 5) is 18.2. The van der Waals surface area contributed by atoms with Crippen molar-refractivity contribution in [2.75, 3.05) is 17.7 Å². The Morgan fingerprint density at radius 3 is 2.41 bits per heavy atom. The van der Waals surface area contributed by atoms with Gasteiger partial charge in [-0.05, 0) is 41.7 Å². The minimum absolute atomic E-state index is 0.0848. The van der Waals surface area contributed by atoms with Crippen LogP contribution in [0.5, 0.6) is 11.5 Å². The highest BCUT2D eigenvalue weighted by molar-refractivity contribution is 6.06. The van der Waals surface area contributed by atoms with Crippen LogP contribution in [0.1, 0.15) is 50.4 Å². The van der Waals surface area contributed by atoms with Gasteiger partial charge in [-0.3, -0.25) is 4.79 Å². The predicted molar refractivity (Wildman–Crippen MR) is 152 cm³/mol. The largest absolute Gasteiger partial charge is 0.495 e. The number of aromatic nitrogens is 3. The van der Waals surface area contributed by atoms with Crippen molar-refractivity contribution in [2.24, 2.45) is 0 Å². The van der Waals surface area contributed by atoms with Gasteiger partial charge in [0.15, 0.2) is 0 Å². The number of methoxy groups -OCH3 is 1. The molecule has 0 bridgehead atoms. The van der Waals surface area contributed by atoms with Crippen LogP contribution in [0.4, 0.5) is 11.6 Å². The van der Waals surface area contributed by atoms with Crippen LogP contribution in [0.25, 0.3) is 0 Å². The smallest absolute Gasteiger partial charge is 0.255 e. The number of rotatable bonds is 7. The van der Waals surface area contributed by atoms with Crippen LogP contribution in [0, 0.1) is 0 Å². The van der Waals surface area contributed by atoms with Gasteiger partial charge in [-0.1, -0.05) is 75.4 Å². The van der Waals surface area contributed by atoms with E-state index in [4.69, 9.17) is 9.47 Å². The standard InChI is InChI=1S/C31H33N5O3/c1-20-27(29(37)35-24-11-7-9-13-26(24)38-5)28(36-30(34-20)32-19-33-36)23-10-6-8-12-25(23)39-18-21-14-16-22(17-15-21)31(2,3)4/h6-17,19,28H,18H2,1-5H3,(H,35,37)(H,32,33,34). The van der Waals surface area contributed by atoms with Gasteiger partial charge >= 0.3 is 0 Å². The van der Waals surface area contributed by atoms with Gasteiger partial charge in [0.1, 0.15) is 30.5 Å². The van der Waals surface area contributed by atoms with Crippen molar-refractivity contribution in [3.63, 3.8) is 0 Å². The van der Waals surface area contributed by atoms with E-state index in [1.807, 2.05) is 43.3 Å². The van der Waals surface area contributed by atoms with Crippen molar-refractivity contribution >= 4 is 17.5 Å². The molecule has 0 saturated carbocycles. The summed E-state index contributed by atoms with van der Waals surface area (Å²) in [5, 5.41) is 10.7. The predicted octanol–water partition coefficient (Wildman–Crippen LogP) is 6.09. The molecule has 8 heteroatoms. The lowest BCUT2D eigenvalue weighted by Crippen LogP contribution is -2.31. The summed E-state index contributed by atoms with van der Waals surface area (Å²) in [5.74, 6) is 1.52. The summed E-state index contributed by atoms with van der Waals surface area (Å²) in [6.07, 6.45) is 1.48. The molecule has 0 aliphatic carbocycles. The minimum Gasteiger partial charge on any atom is -0.495 e. The van der Waals surface area contributed by atoms with Gasteiger partial charge < -0.3 is 20.1 Å². The molecule has 1 atom stereocenters. The maximum atomic E-state index is 13.8. The zero-order chi connectivity index (χ0) is 27.6. The van der Waals surface area contributed by atoms with Crippen LogP contribution >= 0.6 is 0 Å². The van der Waals surface area contributed by atoms with Crippen molar-refractivity contribution in [2.45, 2.75) is 45.8 Å². The number of ether oxygens (including phenoxy) is 2. The van der Waals surface area contributed by atoms with E-state index < -0.39 is 6.04 Å². The summed E-state index contributed by atoms with van der Waals surface area (Å²) < 4.78 is 13.5. The zero-order valence-electron chi connectivity index (χ0n) is 22.9. The molecule has 1 unspecified atom stereocenters. The van der Waals surface area contributed by atoms with Crippen molar-refractivity contribution in [3.05, 3.63) is 107 Å². The number of amides is 1. The number of carbonyl (C=O) groups excluding carboxylic acids is 1. The molecule has 1 aromatic heterocycles. The van der Waals surface area contributed by atoms with Crippen LogP contribution in [0.3, 0.4) is 0 Å². The number of nitrogens with zero attached hydrogens (tertiary/aromatic N) is 3. The normalized spacial score (nSPS) is 14.8. The fraction of sp³-hybridized carbons (Fsp3) is 0.258. The molecule has 39 heavy (non-hydrogen) atoms. The number of allylic oxidation sites excluding steroid dienone is 1. The maximum Gasteiger partial charge on any atom is 0.255 e. The molecular formula is C31H33N5O3. The first-order valence-electron chi connectivity index (χ1n) is 12.9. The van der Waals surface area contributed by atoms with Gasteiger partial charge in [0.05, 0.1) is 18.4 Å². The van der Waals surface area contributed by atoms with Gasteiger partial charge in [0.2, 0.25) is 5.95 Å². The van der Waals surface area contributed by atoms with Gasteiger partial charge in [-0.2, -0.15) is 10.1 Å². The third-order valence-electron chi connectivity index (χ3n) is 6.82. The molecule has 0 radical (unpaired) electrons. The molecule has 4 aromatic rings. The third kappa shape index (κ3) is 5.36. The molecular weight excluding hydrogens is 490 g/mol. The highest BCUT2D eigenvalue weighted by Crippen LogP contribution is 2.39. The number of fused-ring (bicyclic) bond motifs is 1. The molecule has 0 fully saturated rings. The second-order valence-electron chi connectivity index (χ2n) is 10.5. The van der Waals surface area contributed by atoms with E-state index in [9.17, 15) is 4.79 Å². The lowest BCUT2D eigenvalue weighted by atomic mass is 9.87. The van der Waals surface area contributed by atoms with Crippen LogP contribution in [0.15, 0.2) is 90.4 Å². The maximum absolute atomic E-state index is 13.8. The summed E-state index contributed by atoms with van der Waals surface area (Å²) >= 11 is 0. The van der Waals surface area contributed by atoms with E-state index >= 15 is 0 Å². The minimum atomic E-state index is -0.557. The van der Waals surface area contributed by atoms with Gasteiger partial charge in [0, 0.05) is 11.3 Å². The molecule has 0 spiro atoms. The van der Waals surface area contributed by atoms with Crippen LogP contribution in [-0.2, 0) is 16.8 Å². The molecule has 1 aliphatic heterocycles. The average molecular weight is 524 g/mol. The molecule has 3 aromatic carbocycles. The Labute approximate surface area is 228 Å². The van der Waals surface area contributed by atoms with Crippen LogP contribution in [-0.4, -0.2) is 27.8 Å². The van der Waals surface area contributed by atoms with E-state index in [0.717, 1.165) is 11.1 Å². The molecule has 2 N–H and O–H groups in total. The highest BCUT2D eigenvalue weighted by Gasteiger charge is 2.35. The Kier molecular flexibility index (Phi) is 7.11. The fourth-order valence-corrected chi connectivity index (χ4v) is 4.71. The van der Waals surface area contributed by atoms with Crippen molar-refractivity contribution in [1.29, 1.82) is 0 Å². The zero-order valence-corrected chi connectivity index (χ0v) is 22.9. The first kappa shape index (κ1) is 26.0. The van der Waals surface area contributed by atoms with Crippen LogP contribution < -0.4 is 20.1 Å². The number of carbonyl (C=O) groups is 1. The number of hydrogen-bond acceptors (Lipinski definition) is 6. The first-order chi connectivity index (χ1) is 18.8. The Hall–Kier alpha value is -4.59. The summed E-state index contributed by atoms with van der Waals surface area (Å²) in [6, 6.07) is 23.0. The van der Waals surface area contributed by atoms with Crippen molar-refractivity contribution < 1.29 is 14.3 Å². The van der Waals surface area contributed by atoms with E-state index in [-0.39, 0.29) is 11.3 Å². The third-order valence-corrected chi connectivity index (χ3v) is 6.82.